The first-order valence-electron chi connectivity index (χ1n) is 5.70. The summed E-state index contributed by atoms with van der Waals surface area (Å²) in [5.74, 6) is 0.592. The van der Waals surface area contributed by atoms with Gasteiger partial charge in [-0.3, -0.25) is 4.68 Å². The van der Waals surface area contributed by atoms with Gasteiger partial charge in [0.15, 0.2) is 0 Å². The van der Waals surface area contributed by atoms with Crippen molar-refractivity contribution in [2.24, 2.45) is 13.0 Å². The largest absolute Gasteiger partial charge is 0.393 e. The van der Waals surface area contributed by atoms with Gasteiger partial charge < -0.3 is 5.11 Å². The summed E-state index contributed by atoms with van der Waals surface area (Å²) in [6.07, 6.45) is 2.47. The second-order valence-corrected chi connectivity index (χ2v) is 4.51. The van der Waals surface area contributed by atoms with Gasteiger partial charge in [-0.2, -0.15) is 5.10 Å². The quantitative estimate of drug-likeness (QED) is 0.808. The van der Waals surface area contributed by atoms with E-state index in [4.69, 9.17) is 0 Å². The molecule has 0 aromatic carbocycles. The molecule has 0 saturated heterocycles. The number of aromatic nitrogens is 2. The number of hydrogen-bond acceptors (Lipinski definition) is 2. The molecular formula is C12H22N2O. The summed E-state index contributed by atoms with van der Waals surface area (Å²) >= 11 is 0. The lowest BCUT2D eigenvalue weighted by molar-refractivity contribution is 0.142. The summed E-state index contributed by atoms with van der Waals surface area (Å²) in [5, 5.41) is 14.2. The number of hydrogen-bond donors (Lipinski definition) is 1. The Labute approximate surface area is 92.1 Å². The molecule has 15 heavy (non-hydrogen) atoms. The average Bonchev–Trinajstić information content (AvgIpc) is 2.44. The lowest BCUT2D eigenvalue weighted by Crippen LogP contribution is -2.16. The van der Waals surface area contributed by atoms with E-state index in [1.165, 1.54) is 0 Å². The molecule has 0 aliphatic carbocycles. The summed E-state index contributed by atoms with van der Waals surface area (Å²) in [6.45, 7) is 6.31. The number of aliphatic hydroxyl groups excluding tert-OH is 1. The van der Waals surface area contributed by atoms with Gasteiger partial charge in [0.1, 0.15) is 0 Å². The molecule has 1 N–H and O–H groups in total. The summed E-state index contributed by atoms with van der Waals surface area (Å²) < 4.78 is 1.86. The van der Waals surface area contributed by atoms with Gasteiger partial charge >= 0.3 is 0 Å². The van der Waals surface area contributed by atoms with Crippen LogP contribution in [0.5, 0.6) is 0 Å². The van der Waals surface area contributed by atoms with E-state index in [1.54, 1.807) is 0 Å². The van der Waals surface area contributed by atoms with Gasteiger partial charge in [0.05, 0.1) is 11.8 Å². The molecule has 1 rings (SSSR count). The second kappa shape index (κ2) is 5.31. The second-order valence-electron chi connectivity index (χ2n) is 4.51. The van der Waals surface area contributed by atoms with Crippen molar-refractivity contribution in [3.05, 3.63) is 17.5 Å². The van der Waals surface area contributed by atoms with Crippen molar-refractivity contribution in [3.63, 3.8) is 0 Å². The zero-order chi connectivity index (χ0) is 11.4. The van der Waals surface area contributed by atoms with Crippen molar-refractivity contribution >= 4 is 0 Å². The normalized spacial score (nSPS) is 15.3. The van der Waals surface area contributed by atoms with Crippen molar-refractivity contribution < 1.29 is 5.11 Å². The third-order valence-electron chi connectivity index (χ3n) is 2.92. The molecule has 3 nitrogen and oxygen atoms in total. The molecule has 0 amide bonds. The van der Waals surface area contributed by atoms with Gasteiger partial charge in [0, 0.05) is 19.2 Å². The molecule has 0 radical (unpaired) electrons. The predicted molar refractivity (Wildman–Crippen MR) is 61.7 cm³/mol. The Balaban J connectivity index is 2.50. The highest BCUT2D eigenvalue weighted by Crippen LogP contribution is 2.14. The van der Waals surface area contributed by atoms with Crippen LogP contribution in [0.3, 0.4) is 0 Å². The van der Waals surface area contributed by atoms with Crippen LogP contribution in [-0.2, 0) is 13.5 Å². The van der Waals surface area contributed by atoms with Gasteiger partial charge in [0.25, 0.3) is 0 Å². The molecule has 1 aromatic heterocycles. The summed E-state index contributed by atoms with van der Waals surface area (Å²) in [6, 6.07) is 2.04. The van der Waals surface area contributed by atoms with Crippen LogP contribution < -0.4 is 0 Å². The fraction of sp³-hybridized carbons (Fsp3) is 0.750. The van der Waals surface area contributed by atoms with E-state index in [9.17, 15) is 5.11 Å². The van der Waals surface area contributed by atoms with Crippen LogP contribution in [0.15, 0.2) is 6.07 Å². The lowest BCUT2D eigenvalue weighted by atomic mass is 9.98. The monoisotopic (exact) mass is 210 g/mol. The minimum Gasteiger partial charge on any atom is -0.393 e. The van der Waals surface area contributed by atoms with Crippen LogP contribution in [0.2, 0.25) is 0 Å². The maximum Gasteiger partial charge on any atom is 0.0598 e. The molecule has 3 heteroatoms. The minimum atomic E-state index is -0.241. The molecule has 1 aromatic rings. The third kappa shape index (κ3) is 3.67. The minimum absolute atomic E-state index is 0.241. The highest BCUT2D eigenvalue weighted by atomic mass is 16.3. The first-order valence-corrected chi connectivity index (χ1v) is 5.70. The maximum atomic E-state index is 9.90. The summed E-state index contributed by atoms with van der Waals surface area (Å²) in [5.41, 5.74) is 2.13. The number of aliphatic hydroxyl groups is 1. The van der Waals surface area contributed by atoms with Gasteiger partial charge in [-0.1, -0.05) is 20.3 Å². The smallest absolute Gasteiger partial charge is 0.0598 e. The molecule has 0 fully saturated rings. The van der Waals surface area contributed by atoms with E-state index in [1.807, 2.05) is 24.7 Å². The number of nitrogens with zero attached hydrogens (tertiary/aromatic N) is 2. The van der Waals surface area contributed by atoms with Crippen molar-refractivity contribution in [1.29, 1.82) is 0 Å². The van der Waals surface area contributed by atoms with Gasteiger partial charge in [-0.05, 0) is 25.3 Å². The van der Waals surface area contributed by atoms with Crippen LogP contribution in [0.4, 0.5) is 0 Å². The van der Waals surface area contributed by atoms with Crippen LogP contribution in [0.1, 0.15) is 38.1 Å². The standard InChI is InChI=1S/C12H22N2O/c1-5-9(2)6-12(15)8-11-7-10(3)13-14(11)4/h7,9,12,15H,5-6,8H2,1-4H3. The Morgan fingerprint density at radius 1 is 1.53 bits per heavy atom. The van der Waals surface area contributed by atoms with Crippen LogP contribution >= 0.6 is 0 Å². The zero-order valence-corrected chi connectivity index (χ0v) is 10.2. The summed E-state index contributed by atoms with van der Waals surface area (Å²) in [4.78, 5) is 0. The van der Waals surface area contributed by atoms with Gasteiger partial charge in [-0.15, -0.1) is 0 Å². The molecule has 0 bridgehead atoms. The fourth-order valence-electron chi connectivity index (χ4n) is 1.81. The third-order valence-corrected chi connectivity index (χ3v) is 2.92. The molecule has 0 spiro atoms. The van der Waals surface area contributed by atoms with Crippen LogP contribution in [0, 0.1) is 12.8 Å². The molecule has 1 heterocycles. The Morgan fingerprint density at radius 2 is 2.20 bits per heavy atom. The lowest BCUT2D eigenvalue weighted by Gasteiger charge is -2.14. The zero-order valence-electron chi connectivity index (χ0n) is 10.2. The fourth-order valence-corrected chi connectivity index (χ4v) is 1.81. The van der Waals surface area contributed by atoms with E-state index in [0.29, 0.717) is 12.3 Å². The predicted octanol–water partition coefficient (Wildman–Crippen LogP) is 2.07. The van der Waals surface area contributed by atoms with Crippen molar-refractivity contribution in [2.45, 2.75) is 46.1 Å². The highest BCUT2D eigenvalue weighted by Gasteiger charge is 2.12. The molecule has 0 saturated carbocycles. The van der Waals surface area contributed by atoms with Gasteiger partial charge in [0.2, 0.25) is 0 Å². The molecule has 2 atom stereocenters. The Morgan fingerprint density at radius 3 is 2.67 bits per heavy atom. The SMILES string of the molecule is CCC(C)CC(O)Cc1cc(C)nn1C. The van der Waals surface area contributed by atoms with Crippen molar-refractivity contribution in [3.8, 4) is 0 Å². The Bertz CT molecular complexity index is 307. The number of rotatable bonds is 5. The van der Waals surface area contributed by atoms with Crippen molar-refractivity contribution in [1.82, 2.24) is 9.78 Å². The van der Waals surface area contributed by atoms with E-state index in [2.05, 4.69) is 18.9 Å². The van der Waals surface area contributed by atoms with E-state index < -0.39 is 0 Å². The van der Waals surface area contributed by atoms with Gasteiger partial charge in [-0.25, -0.2) is 0 Å². The molecular weight excluding hydrogens is 188 g/mol. The Hall–Kier alpha value is -0.830. The first-order chi connectivity index (χ1) is 7.02. The van der Waals surface area contributed by atoms with E-state index in [-0.39, 0.29) is 6.10 Å². The van der Waals surface area contributed by atoms with Crippen LogP contribution in [0.25, 0.3) is 0 Å². The molecule has 0 aliphatic heterocycles. The summed E-state index contributed by atoms with van der Waals surface area (Å²) in [7, 11) is 1.93. The first kappa shape index (κ1) is 12.2. The van der Waals surface area contributed by atoms with E-state index in [0.717, 1.165) is 24.2 Å². The highest BCUT2D eigenvalue weighted by molar-refractivity contribution is 5.09. The van der Waals surface area contributed by atoms with Crippen molar-refractivity contribution in [2.75, 3.05) is 0 Å². The molecule has 86 valence electrons. The number of aryl methyl sites for hydroxylation is 2. The average molecular weight is 210 g/mol. The topological polar surface area (TPSA) is 38.1 Å². The Kier molecular flexibility index (Phi) is 4.33. The van der Waals surface area contributed by atoms with E-state index >= 15 is 0 Å². The van der Waals surface area contributed by atoms with Crippen LogP contribution in [-0.4, -0.2) is 21.0 Å². The maximum absolute atomic E-state index is 9.90. The molecule has 2 unspecified atom stereocenters. The molecule has 0 aliphatic rings.